The zero-order chi connectivity index (χ0) is 19.3. The van der Waals surface area contributed by atoms with Gasteiger partial charge in [0.1, 0.15) is 0 Å². The first kappa shape index (κ1) is 19.5. The summed E-state index contributed by atoms with van der Waals surface area (Å²) in [4.78, 5) is 23.6. The first-order valence-electron chi connectivity index (χ1n) is 8.00. The molecule has 0 saturated heterocycles. The first-order chi connectivity index (χ1) is 12.2. The van der Waals surface area contributed by atoms with Crippen LogP contribution >= 0.6 is 0 Å². The first-order valence-corrected chi connectivity index (χ1v) is 8.00. The van der Waals surface area contributed by atoms with Gasteiger partial charge >= 0.3 is 12.1 Å². The van der Waals surface area contributed by atoms with Gasteiger partial charge in [0.15, 0.2) is 0 Å². The molecule has 2 rings (SSSR count). The maximum atomic E-state index is 13.0. The molecule has 0 aliphatic heterocycles. The number of alkyl halides is 3. The summed E-state index contributed by atoms with van der Waals surface area (Å²) in [5.41, 5.74) is -1.45. The topological polar surface area (TPSA) is 66.4 Å². The van der Waals surface area contributed by atoms with Gasteiger partial charge in [0.2, 0.25) is 5.91 Å². The fourth-order valence-corrected chi connectivity index (χ4v) is 2.76. The Morgan fingerprint density at radius 3 is 2.27 bits per heavy atom. The highest BCUT2D eigenvalue weighted by atomic mass is 19.4. The van der Waals surface area contributed by atoms with Crippen LogP contribution < -0.4 is 5.32 Å². The van der Waals surface area contributed by atoms with Crippen molar-refractivity contribution in [2.75, 3.05) is 0 Å². The Hall–Kier alpha value is -2.83. The summed E-state index contributed by atoms with van der Waals surface area (Å²) in [6, 6.07) is 11.9. The Morgan fingerprint density at radius 2 is 1.73 bits per heavy atom. The van der Waals surface area contributed by atoms with Crippen molar-refractivity contribution in [1.29, 1.82) is 0 Å². The van der Waals surface area contributed by atoms with Gasteiger partial charge in [0.05, 0.1) is 23.6 Å². The van der Waals surface area contributed by atoms with Crippen molar-refractivity contribution in [1.82, 2.24) is 5.32 Å². The quantitative estimate of drug-likeness (QED) is 0.806. The van der Waals surface area contributed by atoms with Gasteiger partial charge in [-0.3, -0.25) is 4.79 Å². The van der Waals surface area contributed by atoms with Crippen LogP contribution in [0.1, 0.15) is 46.4 Å². The van der Waals surface area contributed by atoms with Crippen LogP contribution in [0.4, 0.5) is 13.2 Å². The van der Waals surface area contributed by atoms with E-state index in [0.717, 1.165) is 11.6 Å². The normalized spacial score (nSPS) is 12.5. The molecule has 2 aromatic carbocycles. The molecule has 26 heavy (non-hydrogen) atoms. The SMILES string of the molecule is CC[C@H](NC(=O)Cc1cccc(C(F)(F)F)c1C(=O)O)c1ccccc1. The number of hydrogen-bond donors (Lipinski definition) is 2. The molecule has 0 spiro atoms. The highest BCUT2D eigenvalue weighted by Gasteiger charge is 2.36. The third-order valence-corrected chi connectivity index (χ3v) is 3.97. The van der Waals surface area contributed by atoms with Crippen LogP contribution in [0.2, 0.25) is 0 Å². The van der Waals surface area contributed by atoms with Gasteiger partial charge in [0, 0.05) is 0 Å². The number of carboxylic acid groups (broad SMARTS) is 1. The fraction of sp³-hybridized carbons (Fsp3) is 0.263. The van der Waals surface area contributed by atoms with E-state index in [1.54, 1.807) is 0 Å². The molecule has 0 radical (unpaired) electrons. The minimum Gasteiger partial charge on any atom is -0.478 e. The number of carbonyl (C=O) groups excluding carboxylic acids is 1. The fourth-order valence-electron chi connectivity index (χ4n) is 2.76. The Morgan fingerprint density at radius 1 is 1.08 bits per heavy atom. The van der Waals surface area contributed by atoms with Gasteiger partial charge in [-0.1, -0.05) is 49.4 Å². The van der Waals surface area contributed by atoms with E-state index in [0.29, 0.717) is 12.5 Å². The van der Waals surface area contributed by atoms with Crippen LogP contribution in [0.3, 0.4) is 0 Å². The second kappa shape index (κ2) is 8.03. The minimum atomic E-state index is -4.81. The van der Waals surface area contributed by atoms with Gasteiger partial charge in [0.25, 0.3) is 0 Å². The number of halogens is 3. The standard InChI is InChI=1S/C19H18F3NO3/c1-2-15(12-7-4-3-5-8-12)23-16(24)11-13-9-6-10-14(19(20,21)22)17(13)18(25)26/h3-10,15H,2,11H2,1H3,(H,23,24)(H,25,26)/t15-/m0/s1. The van der Waals surface area contributed by atoms with Crippen LogP contribution in [0.25, 0.3) is 0 Å². The Bertz CT molecular complexity index is 788. The van der Waals surface area contributed by atoms with Crippen molar-refractivity contribution in [2.24, 2.45) is 0 Å². The lowest BCUT2D eigenvalue weighted by molar-refractivity contribution is -0.138. The number of nitrogens with one attached hydrogen (secondary N) is 1. The van der Waals surface area contributed by atoms with Crippen molar-refractivity contribution in [3.63, 3.8) is 0 Å². The molecular formula is C19H18F3NO3. The van der Waals surface area contributed by atoms with Gasteiger partial charge in [-0.2, -0.15) is 13.2 Å². The maximum Gasteiger partial charge on any atom is 0.417 e. The lowest BCUT2D eigenvalue weighted by Gasteiger charge is -2.18. The molecule has 2 N–H and O–H groups in total. The van der Waals surface area contributed by atoms with Gasteiger partial charge in [-0.15, -0.1) is 0 Å². The summed E-state index contributed by atoms with van der Waals surface area (Å²) in [6.45, 7) is 1.87. The van der Waals surface area contributed by atoms with E-state index in [1.165, 1.54) is 6.07 Å². The molecule has 0 aromatic heterocycles. The predicted octanol–water partition coefficient (Wildman–Crippen LogP) is 4.21. The Balaban J connectivity index is 2.25. The minimum absolute atomic E-state index is 0.173. The summed E-state index contributed by atoms with van der Waals surface area (Å²) in [7, 11) is 0. The van der Waals surface area contributed by atoms with Crippen molar-refractivity contribution < 1.29 is 27.9 Å². The zero-order valence-electron chi connectivity index (χ0n) is 14.0. The van der Waals surface area contributed by atoms with E-state index < -0.39 is 35.6 Å². The highest BCUT2D eigenvalue weighted by molar-refractivity contribution is 5.93. The average molecular weight is 365 g/mol. The van der Waals surface area contributed by atoms with Gasteiger partial charge < -0.3 is 10.4 Å². The number of benzene rings is 2. The van der Waals surface area contributed by atoms with E-state index in [-0.39, 0.29) is 11.6 Å². The molecule has 1 amide bonds. The third-order valence-electron chi connectivity index (χ3n) is 3.97. The molecule has 0 aliphatic rings. The van der Waals surface area contributed by atoms with Crippen LogP contribution in [0.5, 0.6) is 0 Å². The Kier molecular flexibility index (Phi) is 6.02. The molecule has 7 heteroatoms. The molecule has 0 unspecified atom stereocenters. The molecule has 0 heterocycles. The van der Waals surface area contributed by atoms with Crippen molar-refractivity contribution in [2.45, 2.75) is 32.0 Å². The predicted molar refractivity (Wildman–Crippen MR) is 89.7 cm³/mol. The van der Waals surface area contributed by atoms with Crippen LogP contribution in [-0.4, -0.2) is 17.0 Å². The van der Waals surface area contributed by atoms with E-state index in [2.05, 4.69) is 5.32 Å². The number of amides is 1. The number of carbonyl (C=O) groups is 2. The van der Waals surface area contributed by atoms with E-state index in [4.69, 9.17) is 0 Å². The Labute approximate surface area is 148 Å². The molecule has 0 fully saturated rings. The molecule has 1 atom stereocenters. The van der Waals surface area contributed by atoms with Crippen molar-refractivity contribution in [3.05, 3.63) is 70.8 Å². The smallest absolute Gasteiger partial charge is 0.417 e. The number of aromatic carboxylic acids is 1. The summed E-state index contributed by atoms with van der Waals surface area (Å²) in [5, 5.41) is 11.9. The average Bonchev–Trinajstić information content (AvgIpc) is 2.59. The molecular weight excluding hydrogens is 347 g/mol. The summed E-state index contributed by atoms with van der Waals surface area (Å²) < 4.78 is 39.1. The number of hydrogen-bond acceptors (Lipinski definition) is 2. The number of rotatable bonds is 6. The monoisotopic (exact) mass is 365 g/mol. The molecule has 4 nitrogen and oxygen atoms in total. The molecule has 138 valence electrons. The van der Waals surface area contributed by atoms with Crippen molar-refractivity contribution >= 4 is 11.9 Å². The molecule has 0 bridgehead atoms. The lowest BCUT2D eigenvalue weighted by Crippen LogP contribution is -2.30. The van der Waals surface area contributed by atoms with Gasteiger partial charge in [-0.25, -0.2) is 4.79 Å². The summed E-state index contributed by atoms with van der Waals surface area (Å²) >= 11 is 0. The highest BCUT2D eigenvalue weighted by Crippen LogP contribution is 2.33. The van der Waals surface area contributed by atoms with Crippen LogP contribution in [-0.2, 0) is 17.4 Å². The van der Waals surface area contributed by atoms with E-state index >= 15 is 0 Å². The van der Waals surface area contributed by atoms with Crippen molar-refractivity contribution in [3.8, 4) is 0 Å². The molecule has 2 aromatic rings. The van der Waals surface area contributed by atoms with Crippen LogP contribution in [0.15, 0.2) is 48.5 Å². The van der Waals surface area contributed by atoms with E-state index in [1.807, 2.05) is 37.3 Å². The van der Waals surface area contributed by atoms with Gasteiger partial charge in [-0.05, 0) is 23.6 Å². The van der Waals surface area contributed by atoms with E-state index in [9.17, 15) is 27.9 Å². The third kappa shape index (κ3) is 4.62. The summed E-state index contributed by atoms with van der Waals surface area (Å²) in [5.74, 6) is -2.25. The zero-order valence-corrected chi connectivity index (χ0v) is 14.0. The largest absolute Gasteiger partial charge is 0.478 e. The maximum absolute atomic E-state index is 13.0. The second-order valence-electron chi connectivity index (χ2n) is 5.76. The molecule has 0 saturated carbocycles. The number of carboxylic acids is 1. The second-order valence-corrected chi connectivity index (χ2v) is 5.76. The van der Waals surface area contributed by atoms with Crippen LogP contribution in [0, 0.1) is 0 Å². The summed E-state index contributed by atoms with van der Waals surface area (Å²) in [6.07, 6.45) is -4.67. The lowest BCUT2D eigenvalue weighted by atomic mass is 9.97. The molecule has 0 aliphatic carbocycles.